The van der Waals surface area contributed by atoms with Gasteiger partial charge < -0.3 is 31.3 Å². The van der Waals surface area contributed by atoms with E-state index in [1.165, 1.54) is 14.2 Å². The van der Waals surface area contributed by atoms with Crippen LogP contribution in [0.4, 0.5) is 0 Å². The average molecular weight is 318 g/mol. The Morgan fingerprint density at radius 1 is 1.27 bits per heavy atom. The summed E-state index contributed by atoms with van der Waals surface area (Å²) in [5.41, 5.74) is 5.35. The summed E-state index contributed by atoms with van der Waals surface area (Å²) in [5, 5.41) is 23.1. The third-order valence-electron chi connectivity index (χ3n) is 2.73. The topological polar surface area (TPSA) is 163 Å². The molecule has 0 aromatic heterocycles. The molecule has 2 atom stereocenters. The highest BCUT2D eigenvalue weighted by atomic mass is 16.5. The number of carbonyl (C=O) groups is 3. The van der Waals surface area contributed by atoms with Crippen molar-refractivity contribution in [3.05, 3.63) is 0 Å². The predicted molar refractivity (Wildman–Crippen MR) is 77.4 cm³/mol. The summed E-state index contributed by atoms with van der Waals surface area (Å²) in [6.45, 7) is 0.352. The Bertz CT molecular complexity index is 426. The van der Waals surface area contributed by atoms with Crippen LogP contribution in [0.15, 0.2) is 4.99 Å². The van der Waals surface area contributed by atoms with E-state index in [9.17, 15) is 14.4 Å². The molecule has 0 aliphatic rings. The quantitative estimate of drug-likeness (QED) is 0.145. The Morgan fingerprint density at radius 3 is 2.36 bits per heavy atom. The fourth-order valence-electron chi connectivity index (χ4n) is 1.46. The minimum Gasteiger partial charge on any atom is -0.480 e. The summed E-state index contributed by atoms with van der Waals surface area (Å²) in [7, 11) is 2.61. The summed E-state index contributed by atoms with van der Waals surface area (Å²) < 4.78 is 4.42. The highest BCUT2D eigenvalue weighted by Gasteiger charge is 2.22. The van der Waals surface area contributed by atoms with Gasteiger partial charge in [-0.15, -0.1) is 0 Å². The van der Waals surface area contributed by atoms with Gasteiger partial charge in [0.05, 0.1) is 13.5 Å². The third kappa shape index (κ3) is 8.04. The van der Waals surface area contributed by atoms with E-state index in [1.54, 1.807) is 0 Å². The van der Waals surface area contributed by atoms with Crippen molar-refractivity contribution in [3.8, 4) is 0 Å². The van der Waals surface area contributed by atoms with Gasteiger partial charge in [0.1, 0.15) is 12.1 Å². The third-order valence-corrected chi connectivity index (χ3v) is 2.73. The second-order valence-corrected chi connectivity index (χ2v) is 4.40. The zero-order chi connectivity index (χ0) is 17.1. The van der Waals surface area contributed by atoms with Gasteiger partial charge in [0.15, 0.2) is 5.96 Å². The van der Waals surface area contributed by atoms with Crippen molar-refractivity contribution in [3.63, 3.8) is 0 Å². The summed E-state index contributed by atoms with van der Waals surface area (Å²) in [6, 6.07) is -2.12. The van der Waals surface area contributed by atoms with Crippen LogP contribution in [0, 0.1) is 0 Å². The summed E-state index contributed by atoms with van der Waals surface area (Å²) in [5.74, 6) is -2.78. The molecule has 6 N–H and O–H groups in total. The van der Waals surface area contributed by atoms with Crippen molar-refractivity contribution < 1.29 is 29.3 Å². The number of guanidine groups is 1. The Hall–Kier alpha value is -2.36. The molecular weight excluding hydrogens is 296 g/mol. The van der Waals surface area contributed by atoms with E-state index in [1.807, 2.05) is 0 Å². The number of hydrogen-bond donors (Lipinski definition) is 5. The second-order valence-electron chi connectivity index (χ2n) is 4.40. The zero-order valence-corrected chi connectivity index (χ0v) is 12.5. The number of nitrogens with two attached hydrogens (primary N) is 1. The Morgan fingerprint density at radius 2 is 1.91 bits per heavy atom. The van der Waals surface area contributed by atoms with Crippen LogP contribution in [-0.4, -0.2) is 66.9 Å². The minimum absolute atomic E-state index is 0.181. The van der Waals surface area contributed by atoms with Crippen LogP contribution in [0.2, 0.25) is 0 Å². The number of rotatable bonds is 9. The van der Waals surface area contributed by atoms with E-state index in [-0.39, 0.29) is 18.8 Å². The molecule has 22 heavy (non-hydrogen) atoms. The Kier molecular flexibility index (Phi) is 9.27. The van der Waals surface area contributed by atoms with E-state index in [4.69, 9.17) is 15.9 Å². The van der Waals surface area contributed by atoms with Crippen LogP contribution in [0.3, 0.4) is 0 Å². The van der Waals surface area contributed by atoms with Gasteiger partial charge in [-0.2, -0.15) is 0 Å². The number of carboxylic acids is 2. The maximum Gasteiger partial charge on any atom is 0.326 e. The van der Waals surface area contributed by atoms with Gasteiger partial charge in [0.25, 0.3) is 0 Å². The maximum absolute atomic E-state index is 11.1. The molecule has 0 fully saturated rings. The SMILES string of the molecule is CN=C(NCCCC(N)C(=O)O)NC(CC(=O)OC)C(=O)O. The first-order valence-electron chi connectivity index (χ1n) is 6.57. The molecule has 10 nitrogen and oxygen atoms in total. The average Bonchev–Trinajstić information content (AvgIpc) is 2.48. The highest BCUT2D eigenvalue weighted by molar-refractivity contribution is 5.88. The van der Waals surface area contributed by atoms with Crippen LogP contribution in [0.5, 0.6) is 0 Å². The number of nitrogens with one attached hydrogen (secondary N) is 2. The molecule has 0 aromatic rings. The fraction of sp³-hybridized carbons (Fsp3) is 0.667. The largest absolute Gasteiger partial charge is 0.480 e. The lowest BCUT2D eigenvalue weighted by Crippen LogP contribution is -2.48. The van der Waals surface area contributed by atoms with Gasteiger partial charge in [-0.1, -0.05) is 0 Å². The van der Waals surface area contributed by atoms with E-state index in [0.29, 0.717) is 13.0 Å². The van der Waals surface area contributed by atoms with Crippen LogP contribution in [0.25, 0.3) is 0 Å². The number of carboxylic acid groups (broad SMARTS) is 2. The number of aliphatic imine (C=N–C) groups is 1. The molecule has 2 unspecified atom stereocenters. The second kappa shape index (κ2) is 10.4. The number of hydrogen-bond acceptors (Lipinski definition) is 6. The molecule has 0 heterocycles. The molecule has 0 rings (SSSR count). The van der Waals surface area contributed by atoms with Crippen molar-refractivity contribution in [2.24, 2.45) is 10.7 Å². The molecule has 0 saturated heterocycles. The van der Waals surface area contributed by atoms with Gasteiger partial charge >= 0.3 is 17.9 Å². The highest BCUT2D eigenvalue weighted by Crippen LogP contribution is 1.96. The van der Waals surface area contributed by atoms with Crippen LogP contribution < -0.4 is 16.4 Å². The zero-order valence-electron chi connectivity index (χ0n) is 12.5. The van der Waals surface area contributed by atoms with E-state index in [0.717, 1.165) is 0 Å². The standard InChI is InChI=1S/C12H22N4O6/c1-14-12(15-5-3-4-7(13)10(18)19)16-8(11(20)21)6-9(17)22-2/h7-8H,3-6,13H2,1-2H3,(H,18,19)(H,20,21)(H2,14,15,16). The van der Waals surface area contributed by atoms with Gasteiger partial charge in [-0.3, -0.25) is 14.6 Å². The maximum atomic E-state index is 11.1. The summed E-state index contributed by atoms with van der Waals surface area (Å²) >= 11 is 0. The first-order chi connectivity index (χ1) is 10.3. The van der Waals surface area contributed by atoms with Crippen molar-refractivity contribution in [1.29, 1.82) is 0 Å². The first-order valence-corrected chi connectivity index (χ1v) is 6.57. The lowest BCUT2D eigenvalue weighted by atomic mass is 10.2. The normalized spacial score (nSPS) is 13.9. The van der Waals surface area contributed by atoms with Gasteiger partial charge in [0.2, 0.25) is 0 Å². The first kappa shape index (κ1) is 19.6. The van der Waals surface area contributed by atoms with Crippen molar-refractivity contribution in [1.82, 2.24) is 10.6 Å². The van der Waals surface area contributed by atoms with E-state index >= 15 is 0 Å². The minimum atomic E-state index is -1.22. The van der Waals surface area contributed by atoms with Crippen molar-refractivity contribution in [2.45, 2.75) is 31.3 Å². The number of methoxy groups -OCH3 is 1. The fourth-order valence-corrected chi connectivity index (χ4v) is 1.46. The molecule has 126 valence electrons. The number of nitrogens with zero attached hydrogens (tertiary/aromatic N) is 1. The Labute approximate surface area is 127 Å². The van der Waals surface area contributed by atoms with Crippen molar-refractivity contribution in [2.75, 3.05) is 20.7 Å². The molecule has 0 amide bonds. The molecular formula is C12H22N4O6. The molecule has 0 aliphatic heterocycles. The molecule has 0 aliphatic carbocycles. The lowest BCUT2D eigenvalue weighted by Gasteiger charge is -2.17. The van der Waals surface area contributed by atoms with E-state index < -0.39 is 30.0 Å². The molecule has 0 aromatic carbocycles. The number of ether oxygens (including phenoxy) is 1. The van der Waals surface area contributed by atoms with Crippen LogP contribution in [0.1, 0.15) is 19.3 Å². The predicted octanol–water partition coefficient (Wildman–Crippen LogP) is -1.64. The molecule has 10 heteroatoms. The molecule has 0 bridgehead atoms. The summed E-state index contributed by atoms with van der Waals surface area (Å²) in [6.07, 6.45) is 0.378. The molecule has 0 radical (unpaired) electrons. The van der Waals surface area contributed by atoms with Gasteiger partial charge in [-0.25, -0.2) is 4.79 Å². The number of aliphatic carboxylic acids is 2. The number of carbonyl (C=O) groups excluding carboxylic acids is 1. The molecule has 0 spiro atoms. The van der Waals surface area contributed by atoms with Crippen LogP contribution in [-0.2, 0) is 19.1 Å². The molecule has 0 saturated carbocycles. The lowest BCUT2D eigenvalue weighted by molar-refractivity contribution is -0.147. The monoisotopic (exact) mass is 318 g/mol. The van der Waals surface area contributed by atoms with Gasteiger partial charge in [-0.05, 0) is 12.8 Å². The number of esters is 1. The summed E-state index contributed by atoms with van der Waals surface area (Å²) in [4.78, 5) is 36.6. The Balaban J connectivity index is 4.31. The van der Waals surface area contributed by atoms with Crippen LogP contribution >= 0.6 is 0 Å². The van der Waals surface area contributed by atoms with Crippen molar-refractivity contribution >= 4 is 23.9 Å². The smallest absolute Gasteiger partial charge is 0.326 e. The van der Waals surface area contributed by atoms with Gasteiger partial charge in [0, 0.05) is 13.6 Å². The van der Waals surface area contributed by atoms with E-state index in [2.05, 4.69) is 20.4 Å².